The second-order valence-electron chi connectivity index (χ2n) is 4.33. The molecule has 1 aliphatic heterocycles. The number of H-pyrrole nitrogens is 1. The van der Waals surface area contributed by atoms with Crippen LogP contribution in [0.5, 0.6) is 0 Å². The summed E-state index contributed by atoms with van der Waals surface area (Å²) in [5.74, 6) is 0.986. The maximum atomic E-state index is 5.87. The summed E-state index contributed by atoms with van der Waals surface area (Å²) in [6.45, 7) is 7.05. The van der Waals surface area contributed by atoms with E-state index in [1.807, 2.05) is 6.92 Å². The van der Waals surface area contributed by atoms with Crippen molar-refractivity contribution in [1.82, 2.24) is 14.9 Å². The van der Waals surface area contributed by atoms with Crippen LogP contribution in [-0.4, -0.2) is 34.5 Å². The van der Waals surface area contributed by atoms with Gasteiger partial charge in [0.1, 0.15) is 5.82 Å². The zero-order valence-electron chi connectivity index (χ0n) is 9.58. The van der Waals surface area contributed by atoms with Gasteiger partial charge in [-0.1, -0.05) is 0 Å². The highest BCUT2D eigenvalue weighted by molar-refractivity contribution is 5.17. The van der Waals surface area contributed by atoms with E-state index in [-0.39, 0.29) is 0 Å². The van der Waals surface area contributed by atoms with Crippen molar-refractivity contribution in [3.05, 3.63) is 17.2 Å². The lowest BCUT2D eigenvalue weighted by Crippen LogP contribution is -2.32. The molecule has 0 saturated carbocycles. The smallest absolute Gasteiger partial charge is 0.103 e. The molecular formula is C11H20N4. The molecule has 84 valence electrons. The molecule has 3 N–H and O–H groups in total. The van der Waals surface area contributed by atoms with E-state index < -0.39 is 0 Å². The van der Waals surface area contributed by atoms with E-state index in [4.69, 9.17) is 5.73 Å². The predicted octanol–water partition coefficient (Wildman–Crippen LogP) is 1.12. The molecule has 1 saturated heterocycles. The van der Waals surface area contributed by atoms with Gasteiger partial charge in [-0.2, -0.15) is 0 Å². The minimum absolute atomic E-state index is 0.303. The van der Waals surface area contributed by atoms with Crippen molar-refractivity contribution in [1.29, 1.82) is 0 Å². The molecule has 0 bridgehead atoms. The Morgan fingerprint density at radius 2 is 2.07 bits per heavy atom. The first-order valence-electron chi connectivity index (χ1n) is 5.69. The molecule has 1 atom stereocenters. The van der Waals surface area contributed by atoms with Gasteiger partial charge in [0.15, 0.2) is 0 Å². The lowest BCUT2D eigenvalue weighted by Gasteiger charge is -2.25. The van der Waals surface area contributed by atoms with Crippen LogP contribution < -0.4 is 5.73 Å². The van der Waals surface area contributed by atoms with Gasteiger partial charge in [-0.15, -0.1) is 0 Å². The van der Waals surface area contributed by atoms with Crippen molar-refractivity contribution in [3.63, 3.8) is 0 Å². The maximum Gasteiger partial charge on any atom is 0.103 e. The van der Waals surface area contributed by atoms with Gasteiger partial charge >= 0.3 is 0 Å². The number of aryl methyl sites for hydroxylation is 2. The fraction of sp³-hybridized carbons (Fsp3) is 0.727. The second kappa shape index (κ2) is 4.33. The molecule has 0 amide bonds. The van der Waals surface area contributed by atoms with Gasteiger partial charge in [0.25, 0.3) is 0 Å². The predicted molar refractivity (Wildman–Crippen MR) is 60.7 cm³/mol. The number of rotatable bonds is 3. The van der Waals surface area contributed by atoms with Crippen LogP contribution in [0.2, 0.25) is 0 Å². The number of aromatic nitrogens is 2. The minimum Gasteiger partial charge on any atom is -0.346 e. The number of likely N-dealkylation sites (tertiary alicyclic amines) is 1. The first kappa shape index (κ1) is 10.6. The van der Waals surface area contributed by atoms with Gasteiger partial charge in [-0.25, -0.2) is 4.98 Å². The Labute approximate surface area is 90.9 Å². The number of nitrogens with two attached hydrogens (primary N) is 1. The molecule has 2 rings (SSSR count). The summed E-state index contributed by atoms with van der Waals surface area (Å²) < 4.78 is 0. The quantitative estimate of drug-likeness (QED) is 0.782. The Kier molecular flexibility index (Phi) is 3.07. The highest BCUT2D eigenvalue weighted by Crippen LogP contribution is 2.24. The van der Waals surface area contributed by atoms with Gasteiger partial charge in [0, 0.05) is 12.2 Å². The fourth-order valence-electron chi connectivity index (χ4n) is 2.44. The summed E-state index contributed by atoms with van der Waals surface area (Å²) in [6.07, 6.45) is 2.58. The van der Waals surface area contributed by atoms with E-state index in [9.17, 15) is 0 Å². The highest BCUT2D eigenvalue weighted by Gasteiger charge is 2.25. The third kappa shape index (κ3) is 2.06. The van der Waals surface area contributed by atoms with Crippen molar-refractivity contribution in [2.75, 3.05) is 19.6 Å². The van der Waals surface area contributed by atoms with Crippen LogP contribution in [-0.2, 0) is 0 Å². The first-order chi connectivity index (χ1) is 7.22. The third-order valence-electron chi connectivity index (χ3n) is 3.16. The van der Waals surface area contributed by atoms with Crippen LogP contribution in [0, 0.1) is 13.8 Å². The lowest BCUT2D eigenvalue weighted by atomic mass is 10.1. The molecule has 0 aliphatic carbocycles. The second-order valence-corrected chi connectivity index (χ2v) is 4.33. The molecule has 2 heterocycles. The Bertz CT molecular complexity index is 325. The van der Waals surface area contributed by atoms with Crippen molar-refractivity contribution in [2.24, 2.45) is 5.73 Å². The highest BCUT2D eigenvalue weighted by atomic mass is 15.2. The molecule has 0 radical (unpaired) electrons. The van der Waals surface area contributed by atoms with Crippen LogP contribution in [0.3, 0.4) is 0 Å². The van der Waals surface area contributed by atoms with E-state index in [1.54, 1.807) is 0 Å². The van der Waals surface area contributed by atoms with Crippen molar-refractivity contribution in [2.45, 2.75) is 32.7 Å². The average molecular weight is 208 g/mol. The molecule has 4 heteroatoms. The topological polar surface area (TPSA) is 57.9 Å². The van der Waals surface area contributed by atoms with E-state index in [1.165, 1.54) is 12.8 Å². The van der Waals surface area contributed by atoms with Crippen LogP contribution in [0.4, 0.5) is 0 Å². The molecule has 1 aliphatic rings. The van der Waals surface area contributed by atoms with Crippen molar-refractivity contribution in [3.8, 4) is 0 Å². The maximum absolute atomic E-state index is 5.87. The first-order valence-corrected chi connectivity index (χ1v) is 5.69. The summed E-state index contributed by atoms with van der Waals surface area (Å²) in [4.78, 5) is 10.2. The number of hydrogen-bond acceptors (Lipinski definition) is 3. The molecule has 15 heavy (non-hydrogen) atoms. The molecule has 1 fully saturated rings. The number of imidazole rings is 1. The monoisotopic (exact) mass is 208 g/mol. The molecule has 0 spiro atoms. The summed E-state index contributed by atoms with van der Waals surface area (Å²) in [5, 5.41) is 0. The van der Waals surface area contributed by atoms with E-state index in [2.05, 4.69) is 21.8 Å². The minimum atomic E-state index is 0.303. The molecule has 1 aromatic heterocycles. The van der Waals surface area contributed by atoms with Gasteiger partial charge in [0.05, 0.1) is 11.7 Å². The Balaban J connectivity index is 2.21. The number of nitrogens with one attached hydrogen (secondary N) is 1. The molecular weight excluding hydrogens is 188 g/mol. The standard InChI is InChI=1S/C11H20N4/c1-8-11(14-9(2)13-8)10(7-12)15-5-3-4-6-15/h10H,3-7,12H2,1-2H3,(H,13,14). The summed E-state index contributed by atoms with van der Waals surface area (Å²) in [5.41, 5.74) is 8.17. The van der Waals surface area contributed by atoms with Crippen molar-refractivity contribution < 1.29 is 0 Å². The molecule has 1 unspecified atom stereocenters. The molecule has 4 nitrogen and oxygen atoms in total. The van der Waals surface area contributed by atoms with E-state index in [0.717, 1.165) is 30.3 Å². The Hall–Kier alpha value is -0.870. The number of aromatic amines is 1. The summed E-state index contributed by atoms with van der Waals surface area (Å²) in [7, 11) is 0. The van der Waals surface area contributed by atoms with Gasteiger partial charge in [-0.3, -0.25) is 4.90 Å². The number of hydrogen-bond donors (Lipinski definition) is 2. The van der Waals surface area contributed by atoms with Gasteiger partial charge in [0.2, 0.25) is 0 Å². The van der Waals surface area contributed by atoms with Gasteiger partial charge < -0.3 is 10.7 Å². The molecule has 0 aromatic carbocycles. The van der Waals surface area contributed by atoms with E-state index >= 15 is 0 Å². The van der Waals surface area contributed by atoms with Crippen LogP contribution >= 0.6 is 0 Å². The zero-order chi connectivity index (χ0) is 10.8. The van der Waals surface area contributed by atoms with Crippen LogP contribution in [0.1, 0.15) is 36.1 Å². The SMILES string of the molecule is Cc1nc(C(CN)N2CCCC2)c(C)[nH]1. The van der Waals surface area contributed by atoms with Gasteiger partial charge in [-0.05, 0) is 39.8 Å². The van der Waals surface area contributed by atoms with E-state index in [0.29, 0.717) is 12.6 Å². The Morgan fingerprint density at radius 3 is 2.53 bits per heavy atom. The fourth-order valence-corrected chi connectivity index (χ4v) is 2.44. The summed E-state index contributed by atoms with van der Waals surface area (Å²) in [6, 6.07) is 0.303. The van der Waals surface area contributed by atoms with Crippen LogP contribution in [0.25, 0.3) is 0 Å². The van der Waals surface area contributed by atoms with Crippen LogP contribution in [0.15, 0.2) is 0 Å². The zero-order valence-corrected chi connectivity index (χ0v) is 9.58. The molecule has 1 aromatic rings. The third-order valence-corrected chi connectivity index (χ3v) is 3.16. The summed E-state index contributed by atoms with van der Waals surface area (Å²) >= 11 is 0. The normalized spacial score (nSPS) is 19.7. The number of nitrogens with zero attached hydrogens (tertiary/aromatic N) is 2. The van der Waals surface area contributed by atoms with Crippen molar-refractivity contribution >= 4 is 0 Å². The Morgan fingerprint density at radius 1 is 1.40 bits per heavy atom. The average Bonchev–Trinajstić information content (AvgIpc) is 2.79. The lowest BCUT2D eigenvalue weighted by molar-refractivity contribution is 0.246. The largest absolute Gasteiger partial charge is 0.346 e.